The minimum Gasteiger partial charge on any atom is -0.483 e. The van der Waals surface area contributed by atoms with Crippen molar-refractivity contribution < 1.29 is 9.53 Å². The summed E-state index contributed by atoms with van der Waals surface area (Å²) >= 11 is 3.54. The Kier molecular flexibility index (Phi) is 5.46. The van der Waals surface area contributed by atoms with Crippen molar-refractivity contribution in [3.8, 4) is 5.75 Å². The molecular weight excluding hydrogens is 380 g/mol. The molecule has 0 spiro atoms. The molecule has 25 heavy (non-hydrogen) atoms. The Hall–Kier alpha value is -2.66. The summed E-state index contributed by atoms with van der Waals surface area (Å²) < 4.78 is 6.45. The SMILES string of the molecule is C/C(=N\NC(=O)COc1ccc2ccccc2c1Br)c1ccccc1. The maximum absolute atomic E-state index is 12.0. The molecule has 0 bridgehead atoms. The van der Waals surface area contributed by atoms with E-state index in [0.29, 0.717) is 5.75 Å². The van der Waals surface area contributed by atoms with Crippen LogP contribution in [0.1, 0.15) is 12.5 Å². The number of nitrogens with one attached hydrogen (secondary N) is 1. The molecule has 4 nitrogen and oxygen atoms in total. The second-order valence-electron chi connectivity index (χ2n) is 5.49. The first-order chi connectivity index (χ1) is 12.1. The fourth-order valence-electron chi connectivity index (χ4n) is 2.39. The number of hydrogen-bond donors (Lipinski definition) is 1. The molecule has 0 saturated heterocycles. The highest BCUT2D eigenvalue weighted by atomic mass is 79.9. The summed E-state index contributed by atoms with van der Waals surface area (Å²) in [5.41, 5.74) is 4.21. The Morgan fingerprint density at radius 2 is 1.76 bits per heavy atom. The standard InChI is InChI=1S/C20H17BrN2O2/c1-14(15-7-3-2-4-8-15)22-23-19(24)13-25-18-12-11-16-9-5-6-10-17(16)20(18)21/h2-12H,13H2,1H3,(H,23,24)/b22-14+. The number of ether oxygens (including phenoxy) is 1. The maximum Gasteiger partial charge on any atom is 0.277 e. The zero-order chi connectivity index (χ0) is 17.6. The molecule has 0 atom stereocenters. The first-order valence-corrected chi connectivity index (χ1v) is 8.63. The molecule has 5 heteroatoms. The molecule has 0 heterocycles. The minimum atomic E-state index is -0.310. The van der Waals surface area contributed by atoms with Crippen LogP contribution in [0.2, 0.25) is 0 Å². The monoisotopic (exact) mass is 396 g/mol. The second-order valence-corrected chi connectivity index (χ2v) is 6.28. The highest BCUT2D eigenvalue weighted by Gasteiger charge is 2.08. The third-order valence-corrected chi connectivity index (χ3v) is 4.54. The molecular formula is C20H17BrN2O2. The topological polar surface area (TPSA) is 50.7 Å². The number of nitrogens with zero attached hydrogens (tertiary/aromatic N) is 1. The van der Waals surface area contributed by atoms with Crippen LogP contribution in [0.3, 0.4) is 0 Å². The van der Waals surface area contributed by atoms with Crippen molar-refractivity contribution in [1.82, 2.24) is 5.43 Å². The van der Waals surface area contributed by atoms with Gasteiger partial charge < -0.3 is 4.74 Å². The molecule has 0 aliphatic carbocycles. The first-order valence-electron chi connectivity index (χ1n) is 7.84. The van der Waals surface area contributed by atoms with Crippen molar-refractivity contribution in [3.05, 3.63) is 76.8 Å². The van der Waals surface area contributed by atoms with Crippen LogP contribution in [-0.4, -0.2) is 18.2 Å². The summed E-state index contributed by atoms with van der Waals surface area (Å²) in [4.78, 5) is 12.0. The van der Waals surface area contributed by atoms with Gasteiger partial charge in [0.2, 0.25) is 0 Å². The van der Waals surface area contributed by atoms with Gasteiger partial charge in [-0.1, -0.05) is 60.7 Å². The van der Waals surface area contributed by atoms with Gasteiger partial charge in [-0.05, 0) is 45.3 Å². The molecule has 1 amide bonds. The molecule has 0 aliphatic heterocycles. The lowest BCUT2D eigenvalue weighted by atomic mass is 10.1. The normalized spacial score (nSPS) is 11.4. The lowest BCUT2D eigenvalue weighted by Crippen LogP contribution is -2.25. The zero-order valence-electron chi connectivity index (χ0n) is 13.7. The Bertz CT molecular complexity index is 923. The fourth-order valence-corrected chi connectivity index (χ4v) is 3.00. The Balaban J connectivity index is 1.62. The van der Waals surface area contributed by atoms with Crippen molar-refractivity contribution in [3.63, 3.8) is 0 Å². The summed E-state index contributed by atoms with van der Waals surface area (Å²) in [5.74, 6) is 0.313. The van der Waals surface area contributed by atoms with E-state index in [0.717, 1.165) is 26.5 Å². The number of hydrazone groups is 1. The zero-order valence-corrected chi connectivity index (χ0v) is 15.3. The van der Waals surface area contributed by atoms with Crippen molar-refractivity contribution in [1.29, 1.82) is 0 Å². The van der Waals surface area contributed by atoms with Crippen LogP contribution in [0.15, 0.2) is 76.3 Å². The summed E-state index contributed by atoms with van der Waals surface area (Å²) in [5, 5.41) is 6.25. The molecule has 3 rings (SSSR count). The number of benzene rings is 3. The van der Waals surface area contributed by atoms with Crippen molar-refractivity contribution >= 4 is 38.3 Å². The van der Waals surface area contributed by atoms with E-state index in [1.165, 1.54) is 0 Å². The molecule has 3 aromatic rings. The van der Waals surface area contributed by atoms with E-state index >= 15 is 0 Å². The van der Waals surface area contributed by atoms with E-state index in [1.54, 1.807) is 0 Å². The molecule has 1 N–H and O–H groups in total. The van der Waals surface area contributed by atoms with Crippen LogP contribution in [0, 0.1) is 0 Å². The molecule has 3 aromatic carbocycles. The van der Waals surface area contributed by atoms with Crippen molar-refractivity contribution in [2.24, 2.45) is 5.10 Å². The number of carbonyl (C=O) groups excluding carboxylic acids is 1. The maximum atomic E-state index is 12.0. The van der Waals surface area contributed by atoms with E-state index in [2.05, 4.69) is 26.5 Å². The van der Waals surface area contributed by atoms with Crippen LogP contribution in [-0.2, 0) is 4.79 Å². The number of rotatable bonds is 5. The van der Waals surface area contributed by atoms with E-state index in [4.69, 9.17) is 4.74 Å². The Labute approximate surface area is 154 Å². The van der Waals surface area contributed by atoms with Crippen LogP contribution >= 0.6 is 15.9 Å². The lowest BCUT2D eigenvalue weighted by Gasteiger charge is -2.10. The molecule has 0 fully saturated rings. The van der Waals surface area contributed by atoms with Gasteiger partial charge in [0.1, 0.15) is 5.75 Å². The van der Waals surface area contributed by atoms with E-state index in [1.807, 2.05) is 73.7 Å². The molecule has 0 aliphatic rings. The predicted octanol–water partition coefficient (Wildman–Crippen LogP) is 4.52. The highest BCUT2D eigenvalue weighted by molar-refractivity contribution is 9.10. The van der Waals surface area contributed by atoms with Crippen LogP contribution in [0.25, 0.3) is 10.8 Å². The summed E-state index contributed by atoms with van der Waals surface area (Å²) in [6.07, 6.45) is 0. The minimum absolute atomic E-state index is 0.109. The third-order valence-electron chi connectivity index (χ3n) is 3.73. The number of hydrogen-bond acceptors (Lipinski definition) is 3. The Morgan fingerprint density at radius 1 is 1.04 bits per heavy atom. The lowest BCUT2D eigenvalue weighted by molar-refractivity contribution is -0.123. The number of halogens is 1. The number of amides is 1. The van der Waals surface area contributed by atoms with Gasteiger partial charge >= 0.3 is 0 Å². The average Bonchev–Trinajstić information content (AvgIpc) is 2.66. The molecule has 0 saturated carbocycles. The average molecular weight is 397 g/mol. The van der Waals surface area contributed by atoms with E-state index in [9.17, 15) is 4.79 Å². The van der Waals surface area contributed by atoms with Crippen LogP contribution in [0.5, 0.6) is 5.75 Å². The van der Waals surface area contributed by atoms with Crippen molar-refractivity contribution in [2.75, 3.05) is 6.61 Å². The van der Waals surface area contributed by atoms with Gasteiger partial charge in [-0.2, -0.15) is 5.10 Å². The summed E-state index contributed by atoms with van der Waals surface area (Å²) in [7, 11) is 0. The fraction of sp³-hybridized carbons (Fsp3) is 0.100. The van der Waals surface area contributed by atoms with Gasteiger partial charge in [0.05, 0.1) is 10.2 Å². The molecule has 0 unspecified atom stereocenters. The van der Waals surface area contributed by atoms with Gasteiger partial charge in [0, 0.05) is 0 Å². The van der Waals surface area contributed by atoms with Gasteiger partial charge in [0.15, 0.2) is 6.61 Å². The highest BCUT2D eigenvalue weighted by Crippen LogP contribution is 2.32. The number of carbonyl (C=O) groups is 1. The predicted molar refractivity (Wildman–Crippen MR) is 104 cm³/mol. The van der Waals surface area contributed by atoms with Gasteiger partial charge in [-0.3, -0.25) is 4.79 Å². The third kappa shape index (κ3) is 4.25. The van der Waals surface area contributed by atoms with E-state index in [-0.39, 0.29) is 12.5 Å². The van der Waals surface area contributed by atoms with Crippen molar-refractivity contribution in [2.45, 2.75) is 6.92 Å². The Morgan fingerprint density at radius 3 is 2.56 bits per heavy atom. The van der Waals surface area contributed by atoms with Gasteiger partial charge in [0.25, 0.3) is 5.91 Å². The van der Waals surface area contributed by atoms with Crippen LogP contribution < -0.4 is 10.2 Å². The van der Waals surface area contributed by atoms with Gasteiger partial charge in [-0.25, -0.2) is 5.43 Å². The quantitative estimate of drug-likeness (QED) is 0.508. The summed E-state index contributed by atoms with van der Waals surface area (Å²) in [6.45, 7) is 1.74. The largest absolute Gasteiger partial charge is 0.483 e. The number of fused-ring (bicyclic) bond motifs is 1. The first kappa shape index (κ1) is 17.2. The smallest absolute Gasteiger partial charge is 0.277 e. The molecule has 0 radical (unpaired) electrons. The van der Waals surface area contributed by atoms with Gasteiger partial charge in [-0.15, -0.1) is 0 Å². The second kappa shape index (κ2) is 7.94. The van der Waals surface area contributed by atoms with Crippen LogP contribution in [0.4, 0.5) is 0 Å². The van der Waals surface area contributed by atoms with E-state index < -0.39 is 0 Å². The molecule has 126 valence electrons. The summed E-state index contributed by atoms with van der Waals surface area (Å²) in [6, 6.07) is 21.4. The molecule has 0 aromatic heterocycles.